The number of hydrogen-bond donors (Lipinski definition) is 2. The Labute approximate surface area is 169 Å². The second-order valence-corrected chi connectivity index (χ2v) is 8.39. The Morgan fingerprint density at radius 2 is 1.46 bits per heavy atom. The van der Waals surface area contributed by atoms with Crippen LogP contribution in [0.2, 0.25) is 0 Å². The van der Waals surface area contributed by atoms with Crippen molar-refractivity contribution in [3.8, 4) is 11.5 Å². The zero-order chi connectivity index (χ0) is 20.1. The highest BCUT2D eigenvalue weighted by atomic mass is 16.3. The second-order valence-electron chi connectivity index (χ2n) is 8.39. The molecule has 1 saturated heterocycles. The molecule has 0 aromatic heterocycles. The summed E-state index contributed by atoms with van der Waals surface area (Å²) in [4.78, 5) is 4.96. The minimum atomic E-state index is -0.295. The third-order valence-corrected chi connectivity index (χ3v) is 6.42. The standard InChI is InChI=1S/C24H34N2O2/c1-4-7-21(18-26-14-12-25(3)13-15-26)24(2,19-8-5-10-22(27)16-19)20-9-6-11-23(28)17-20/h5-6,8-11,16-17,21,27-28H,4,7,12-15,18H2,1-3H3. The number of hydrogen-bond acceptors (Lipinski definition) is 4. The van der Waals surface area contributed by atoms with E-state index in [-0.39, 0.29) is 5.41 Å². The summed E-state index contributed by atoms with van der Waals surface area (Å²) in [5, 5.41) is 20.3. The number of aromatic hydroxyl groups is 2. The monoisotopic (exact) mass is 382 g/mol. The summed E-state index contributed by atoms with van der Waals surface area (Å²) in [7, 11) is 2.18. The number of phenolic OH excluding ortho intramolecular Hbond substituents is 2. The molecule has 28 heavy (non-hydrogen) atoms. The van der Waals surface area contributed by atoms with E-state index in [0.717, 1.165) is 56.7 Å². The van der Waals surface area contributed by atoms with Crippen LogP contribution in [0.15, 0.2) is 48.5 Å². The van der Waals surface area contributed by atoms with Gasteiger partial charge in [0.2, 0.25) is 0 Å². The smallest absolute Gasteiger partial charge is 0.115 e. The SMILES string of the molecule is CCCC(CN1CCN(C)CC1)C(C)(c1cccc(O)c1)c1cccc(O)c1. The quantitative estimate of drug-likeness (QED) is 0.758. The molecule has 2 aromatic rings. The van der Waals surface area contributed by atoms with Crippen LogP contribution in [0.25, 0.3) is 0 Å². The van der Waals surface area contributed by atoms with E-state index in [1.54, 1.807) is 12.1 Å². The summed E-state index contributed by atoms with van der Waals surface area (Å²) >= 11 is 0. The Balaban J connectivity index is 2.02. The van der Waals surface area contributed by atoms with Gasteiger partial charge in [-0.2, -0.15) is 0 Å². The molecule has 1 atom stereocenters. The van der Waals surface area contributed by atoms with Crippen LogP contribution in [0.5, 0.6) is 11.5 Å². The molecule has 0 saturated carbocycles. The van der Waals surface area contributed by atoms with Gasteiger partial charge >= 0.3 is 0 Å². The molecular formula is C24H34N2O2. The van der Waals surface area contributed by atoms with E-state index in [4.69, 9.17) is 0 Å². The van der Waals surface area contributed by atoms with Gasteiger partial charge in [-0.3, -0.25) is 0 Å². The van der Waals surface area contributed by atoms with Crippen LogP contribution in [0, 0.1) is 5.92 Å². The van der Waals surface area contributed by atoms with Crippen molar-refractivity contribution in [2.75, 3.05) is 39.8 Å². The summed E-state index contributed by atoms with van der Waals surface area (Å²) in [6.45, 7) is 9.92. The molecule has 0 bridgehead atoms. The largest absolute Gasteiger partial charge is 0.508 e. The van der Waals surface area contributed by atoms with Crippen molar-refractivity contribution in [2.45, 2.75) is 32.1 Å². The number of likely N-dealkylation sites (N-methyl/N-ethyl adjacent to an activating group) is 1. The molecule has 1 unspecified atom stereocenters. The van der Waals surface area contributed by atoms with Crippen molar-refractivity contribution in [2.24, 2.45) is 5.92 Å². The Bertz CT molecular complexity index is 723. The number of piperazine rings is 1. The highest BCUT2D eigenvalue weighted by Gasteiger charge is 2.38. The van der Waals surface area contributed by atoms with Crippen molar-refractivity contribution in [1.29, 1.82) is 0 Å². The maximum absolute atomic E-state index is 10.2. The van der Waals surface area contributed by atoms with Gasteiger partial charge in [0.15, 0.2) is 0 Å². The van der Waals surface area contributed by atoms with E-state index in [2.05, 4.69) is 42.8 Å². The van der Waals surface area contributed by atoms with Gasteiger partial charge in [-0.25, -0.2) is 0 Å². The van der Waals surface area contributed by atoms with Crippen molar-refractivity contribution in [3.05, 3.63) is 59.7 Å². The second kappa shape index (κ2) is 8.97. The molecule has 1 heterocycles. The lowest BCUT2D eigenvalue weighted by molar-refractivity contribution is 0.116. The van der Waals surface area contributed by atoms with Gasteiger partial charge in [0, 0.05) is 38.1 Å². The normalized spacial score (nSPS) is 17.5. The van der Waals surface area contributed by atoms with E-state index >= 15 is 0 Å². The maximum Gasteiger partial charge on any atom is 0.115 e. The van der Waals surface area contributed by atoms with E-state index in [1.165, 1.54) is 0 Å². The molecule has 0 aliphatic carbocycles. The van der Waals surface area contributed by atoms with Gasteiger partial charge in [-0.05, 0) is 54.8 Å². The van der Waals surface area contributed by atoms with Gasteiger partial charge in [0.05, 0.1) is 0 Å². The van der Waals surface area contributed by atoms with E-state index in [9.17, 15) is 10.2 Å². The molecule has 0 spiro atoms. The zero-order valence-corrected chi connectivity index (χ0v) is 17.4. The van der Waals surface area contributed by atoms with Crippen molar-refractivity contribution in [1.82, 2.24) is 9.80 Å². The van der Waals surface area contributed by atoms with E-state index in [0.29, 0.717) is 17.4 Å². The van der Waals surface area contributed by atoms with Gasteiger partial charge in [-0.15, -0.1) is 0 Å². The topological polar surface area (TPSA) is 46.9 Å². The summed E-state index contributed by atoms with van der Waals surface area (Å²) in [5.41, 5.74) is 1.91. The molecule has 2 aromatic carbocycles. The first-order valence-electron chi connectivity index (χ1n) is 10.4. The highest BCUT2D eigenvalue weighted by Crippen LogP contribution is 2.43. The molecular weight excluding hydrogens is 348 g/mol. The van der Waals surface area contributed by atoms with E-state index in [1.807, 2.05) is 24.3 Å². The molecule has 3 rings (SSSR count). The first-order valence-corrected chi connectivity index (χ1v) is 10.4. The van der Waals surface area contributed by atoms with Crippen LogP contribution < -0.4 is 0 Å². The average Bonchev–Trinajstić information content (AvgIpc) is 2.68. The van der Waals surface area contributed by atoms with Crippen LogP contribution in [0.3, 0.4) is 0 Å². The molecule has 4 nitrogen and oxygen atoms in total. The van der Waals surface area contributed by atoms with Crippen LogP contribution in [0.4, 0.5) is 0 Å². The first kappa shape index (κ1) is 20.7. The van der Waals surface area contributed by atoms with E-state index < -0.39 is 0 Å². The van der Waals surface area contributed by atoms with Crippen molar-refractivity contribution >= 4 is 0 Å². The molecule has 0 radical (unpaired) electrons. The molecule has 1 fully saturated rings. The highest BCUT2D eigenvalue weighted by molar-refractivity contribution is 5.44. The van der Waals surface area contributed by atoms with Crippen LogP contribution in [0.1, 0.15) is 37.8 Å². The lowest BCUT2D eigenvalue weighted by Crippen LogP contribution is -2.49. The predicted molar refractivity (Wildman–Crippen MR) is 115 cm³/mol. The third-order valence-electron chi connectivity index (χ3n) is 6.42. The summed E-state index contributed by atoms with van der Waals surface area (Å²) in [6, 6.07) is 15.3. The van der Waals surface area contributed by atoms with Gasteiger partial charge in [0.25, 0.3) is 0 Å². The molecule has 1 aliphatic heterocycles. The minimum Gasteiger partial charge on any atom is -0.508 e. The van der Waals surface area contributed by atoms with Crippen LogP contribution >= 0.6 is 0 Å². The maximum atomic E-state index is 10.2. The molecule has 1 aliphatic rings. The fraction of sp³-hybridized carbons (Fsp3) is 0.500. The summed E-state index contributed by atoms with van der Waals surface area (Å²) in [6.07, 6.45) is 2.19. The summed E-state index contributed by atoms with van der Waals surface area (Å²) in [5.74, 6) is 0.960. The van der Waals surface area contributed by atoms with Crippen molar-refractivity contribution < 1.29 is 10.2 Å². The predicted octanol–water partition coefficient (Wildman–Crippen LogP) is 4.07. The fourth-order valence-electron chi connectivity index (χ4n) is 4.55. The Morgan fingerprint density at radius 1 is 0.929 bits per heavy atom. The number of phenols is 2. The van der Waals surface area contributed by atoms with Crippen LogP contribution in [-0.2, 0) is 5.41 Å². The van der Waals surface area contributed by atoms with Gasteiger partial charge in [0.1, 0.15) is 11.5 Å². The molecule has 4 heteroatoms. The zero-order valence-electron chi connectivity index (χ0n) is 17.4. The minimum absolute atomic E-state index is 0.290. The Hall–Kier alpha value is -2.04. The van der Waals surface area contributed by atoms with Gasteiger partial charge in [-0.1, -0.05) is 44.5 Å². The Morgan fingerprint density at radius 3 is 1.93 bits per heavy atom. The van der Waals surface area contributed by atoms with Crippen LogP contribution in [-0.4, -0.2) is 59.8 Å². The van der Waals surface area contributed by atoms with Gasteiger partial charge < -0.3 is 20.0 Å². The number of nitrogens with zero attached hydrogens (tertiary/aromatic N) is 2. The lowest BCUT2D eigenvalue weighted by atomic mass is 9.65. The average molecular weight is 383 g/mol. The lowest BCUT2D eigenvalue weighted by Gasteiger charge is -2.43. The summed E-state index contributed by atoms with van der Waals surface area (Å²) < 4.78 is 0. The third kappa shape index (κ3) is 4.50. The first-order chi connectivity index (χ1) is 13.4. The number of rotatable bonds is 7. The Kier molecular flexibility index (Phi) is 6.63. The van der Waals surface area contributed by atoms with Crippen molar-refractivity contribution in [3.63, 3.8) is 0 Å². The molecule has 152 valence electrons. The number of benzene rings is 2. The molecule has 0 amide bonds. The fourth-order valence-corrected chi connectivity index (χ4v) is 4.55. The molecule has 2 N–H and O–H groups in total.